The topological polar surface area (TPSA) is 135 Å². The Morgan fingerprint density at radius 3 is 2.66 bits per heavy atom. The van der Waals surface area contributed by atoms with Crippen LogP contribution in [-0.4, -0.2) is 35.3 Å². The van der Waals surface area contributed by atoms with Gasteiger partial charge >= 0.3 is 5.97 Å². The number of nitro benzene ring substituents is 1. The number of esters is 1. The Labute approximate surface area is 264 Å². The maximum atomic E-state index is 14.0. The summed E-state index contributed by atoms with van der Waals surface area (Å²) in [4.78, 5) is 43.3. The number of rotatable bonds is 9. The van der Waals surface area contributed by atoms with Crippen LogP contribution < -0.4 is 24.4 Å². The molecule has 1 aliphatic rings. The first-order valence-corrected chi connectivity index (χ1v) is 15.2. The molecule has 0 fully saturated rings. The summed E-state index contributed by atoms with van der Waals surface area (Å²) in [6, 6.07) is 12.3. The van der Waals surface area contributed by atoms with E-state index in [9.17, 15) is 19.7 Å². The molecule has 3 heterocycles. The quantitative estimate of drug-likeness (QED) is 0.128. The van der Waals surface area contributed by atoms with Crippen molar-refractivity contribution in [1.29, 1.82) is 0 Å². The number of furan rings is 1. The largest absolute Gasteiger partial charge is 0.493 e. The van der Waals surface area contributed by atoms with Gasteiger partial charge in [0.1, 0.15) is 11.5 Å². The highest BCUT2D eigenvalue weighted by Crippen LogP contribution is 2.37. The highest BCUT2D eigenvalue weighted by atomic mass is 79.9. The summed E-state index contributed by atoms with van der Waals surface area (Å²) in [7, 11) is 1.52. The van der Waals surface area contributed by atoms with E-state index in [1.165, 1.54) is 17.7 Å². The Hall–Kier alpha value is -4.49. The van der Waals surface area contributed by atoms with Crippen molar-refractivity contribution >= 4 is 45.0 Å². The number of nitro groups is 1. The first-order chi connectivity index (χ1) is 21.0. The van der Waals surface area contributed by atoms with Crippen LogP contribution in [0.4, 0.5) is 5.69 Å². The second-order valence-electron chi connectivity index (χ2n) is 10.00. The number of ether oxygens (including phenoxy) is 3. The summed E-state index contributed by atoms with van der Waals surface area (Å²) in [5.41, 5.74) is 1.03. The van der Waals surface area contributed by atoms with Gasteiger partial charge in [0.25, 0.3) is 11.2 Å². The molecule has 44 heavy (non-hydrogen) atoms. The molecule has 0 amide bonds. The average Bonchev–Trinajstić information content (AvgIpc) is 3.56. The van der Waals surface area contributed by atoms with E-state index in [0.29, 0.717) is 47.9 Å². The van der Waals surface area contributed by atoms with E-state index in [2.05, 4.69) is 20.9 Å². The fourth-order valence-electron chi connectivity index (χ4n) is 4.88. The molecule has 228 valence electrons. The van der Waals surface area contributed by atoms with Crippen molar-refractivity contribution in [2.24, 2.45) is 4.99 Å². The van der Waals surface area contributed by atoms with Gasteiger partial charge in [0.05, 0.1) is 52.2 Å². The lowest BCUT2D eigenvalue weighted by Crippen LogP contribution is -2.40. The average molecular weight is 683 g/mol. The van der Waals surface area contributed by atoms with Gasteiger partial charge in [-0.15, -0.1) is 0 Å². The highest BCUT2D eigenvalue weighted by Gasteiger charge is 2.34. The van der Waals surface area contributed by atoms with Crippen molar-refractivity contribution in [1.82, 2.24) is 4.57 Å². The van der Waals surface area contributed by atoms with E-state index in [-0.39, 0.29) is 29.7 Å². The fraction of sp³-hybridized carbons (Fsp3) is 0.258. The predicted molar refractivity (Wildman–Crippen MR) is 168 cm³/mol. The van der Waals surface area contributed by atoms with Crippen LogP contribution in [0.1, 0.15) is 45.1 Å². The van der Waals surface area contributed by atoms with Crippen molar-refractivity contribution in [2.45, 2.75) is 39.8 Å². The number of nitrogens with zero attached hydrogens (tertiary/aromatic N) is 3. The van der Waals surface area contributed by atoms with E-state index < -0.39 is 22.5 Å². The highest BCUT2D eigenvalue weighted by molar-refractivity contribution is 9.10. The number of carbonyl (C=O) groups is 1. The zero-order valence-electron chi connectivity index (χ0n) is 24.5. The lowest BCUT2D eigenvalue weighted by atomic mass is 9.95. The van der Waals surface area contributed by atoms with Crippen molar-refractivity contribution in [3.63, 3.8) is 0 Å². The van der Waals surface area contributed by atoms with Crippen molar-refractivity contribution in [3.8, 4) is 22.8 Å². The lowest BCUT2D eigenvalue weighted by Gasteiger charge is -2.25. The van der Waals surface area contributed by atoms with E-state index in [1.807, 2.05) is 13.8 Å². The molecule has 2 aromatic heterocycles. The second-order valence-corrected chi connectivity index (χ2v) is 11.9. The molecule has 11 nitrogen and oxygen atoms in total. The molecule has 13 heteroatoms. The molecule has 4 aromatic rings. The molecule has 0 aliphatic carbocycles. The Balaban J connectivity index is 1.64. The molecule has 2 aromatic carbocycles. The van der Waals surface area contributed by atoms with E-state index in [1.54, 1.807) is 62.4 Å². The monoisotopic (exact) mass is 681 g/mol. The molecule has 0 radical (unpaired) electrons. The fourth-order valence-corrected chi connectivity index (χ4v) is 6.26. The predicted octanol–water partition coefficient (Wildman–Crippen LogP) is 5.52. The SMILES string of the molecule is CCOC(=O)C1=C(C)N=c2s/c(=C/c3ccc(-c4ccc(Br)cc4[N+](=O)[O-])o3)c(=O)n2[C@H]1c1ccc(OC(C)C)c(OC)c1. The van der Waals surface area contributed by atoms with Gasteiger partial charge in [0.2, 0.25) is 0 Å². The van der Waals surface area contributed by atoms with Crippen LogP contribution in [0, 0.1) is 10.1 Å². The number of aromatic nitrogens is 1. The molecule has 0 spiro atoms. The maximum absolute atomic E-state index is 14.0. The van der Waals surface area contributed by atoms with E-state index >= 15 is 0 Å². The van der Waals surface area contributed by atoms with Crippen LogP contribution in [0.25, 0.3) is 17.4 Å². The second kappa shape index (κ2) is 12.6. The number of fused-ring (bicyclic) bond motifs is 1. The third kappa shape index (κ3) is 5.97. The number of carbonyl (C=O) groups excluding carboxylic acids is 1. The first kappa shape index (κ1) is 31.0. The minimum Gasteiger partial charge on any atom is -0.493 e. The molecule has 0 saturated heterocycles. The van der Waals surface area contributed by atoms with Crippen LogP contribution in [-0.2, 0) is 9.53 Å². The molecule has 1 aliphatic heterocycles. The van der Waals surface area contributed by atoms with Crippen LogP contribution >= 0.6 is 27.3 Å². The Morgan fingerprint density at radius 1 is 1.20 bits per heavy atom. The Bertz CT molecular complexity index is 1990. The summed E-state index contributed by atoms with van der Waals surface area (Å²) in [5, 5.41) is 11.6. The number of hydrogen-bond donors (Lipinski definition) is 0. The van der Waals surface area contributed by atoms with Crippen molar-refractivity contribution in [2.75, 3.05) is 13.7 Å². The lowest BCUT2D eigenvalue weighted by molar-refractivity contribution is -0.384. The van der Waals surface area contributed by atoms with Crippen LogP contribution in [0.15, 0.2) is 78.5 Å². The smallest absolute Gasteiger partial charge is 0.338 e. The molecule has 0 bridgehead atoms. The van der Waals surface area contributed by atoms with Crippen LogP contribution in [0.2, 0.25) is 0 Å². The number of thiazole rings is 1. The van der Waals surface area contributed by atoms with E-state index in [0.717, 1.165) is 11.3 Å². The third-order valence-electron chi connectivity index (χ3n) is 6.71. The maximum Gasteiger partial charge on any atom is 0.338 e. The molecular formula is C31H28BrN3O8S. The van der Waals surface area contributed by atoms with Gasteiger partial charge < -0.3 is 18.6 Å². The minimum absolute atomic E-state index is 0.0957. The van der Waals surface area contributed by atoms with Crippen LogP contribution in [0.3, 0.4) is 0 Å². The van der Waals surface area contributed by atoms with Gasteiger partial charge in [-0.1, -0.05) is 33.3 Å². The summed E-state index contributed by atoms with van der Waals surface area (Å²) < 4.78 is 25.1. The zero-order chi connectivity index (χ0) is 31.7. The summed E-state index contributed by atoms with van der Waals surface area (Å²) in [5.74, 6) is 0.980. The number of allylic oxidation sites excluding steroid dienone is 1. The van der Waals surface area contributed by atoms with Gasteiger partial charge in [-0.3, -0.25) is 19.5 Å². The standard InChI is InChI=1S/C31H28BrN3O8S/c1-6-41-30(37)27-17(4)33-31-34(28(27)18-7-11-24(42-16(2)3)25(13-18)40-5)29(36)26(44-31)15-20-9-12-23(43-20)21-10-8-19(32)14-22(21)35(38)39/h7-16,28H,6H2,1-5H3/b26-15+/t28-/m0/s1. The van der Waals surface area contributed by atoms with Gasteiger partial charge in [-0.05, 0) is 69.7 Å². The number of benzene rings is 2. The Morgan fingerprint density at radius 2 is 1.98 bits per heavy atom. The summed E-state index contributed by atoms with van der Waals surface area (Å²) in [6.45, 7) is 7.36. The van der Waals surface area contributed by atoms with Crippen LogP contribution in [0.5, 0.6) is 11.5 Å². The third-order valence-corrected chi connectivity index (χ3v) is 8.18. The van der Waals surface area contributed by atoms with Crippen molar-refractivity contribution < 1.29 is 28.3 Å². The zero-order valence-corrected chi connectivity index (χ0v) is 26.9. The minimum atomic E-state index is -0.855. The van der Waals surface area contributed by atoms with Gasteiger partial charge in [-0.2, -0.15) is 0 Å². The molecular weight excluding hydrogens is 654 g/mol. The van der Waals surface area contributed by atoms with Crippen molar-refractivity contribution in [3.05, 3.63) is 105 Å². The normalized spacial score (nSPS) is 14.8. The molecule has 0 unspecified atom stereocenters. The molecule has 1 atom stereocenters. The first-order valence-electron chi connectivity index (χ1n) is 13.6. The van der Waals surface area contributed by atoms with Gasteiger partial charge in [0, 0.05) is 16.6 Å². The van der Waals surface area contributed by atoms with Gasteiger partial charge in [0.15, 0.2) is 16.3 Å². The summed E-state index contributed by atoms with van der Waals surface area (Å²) in [6.07, 6.45) is 1.46. The molecule has 5 rings (SSSR count). The van der Waals surface area contributed by atoms with Gasteiger partial charge in [-0.25, -0.2) is 9.79 Å². The molecule has 0 saturated carbocycles. The number of halogens is 1. The number of methoxy groups -OCH3 is 1. The van der Waals surface area contributed by atoms with E-state index in [4.69, 9.17) is 18.6 Å². The molecule has 0 N–H and O–H groups in total. The Kier molecular flexibility index (Phi) is 8.88. The number of hydrogen-bond acceptors (Lipinski definition) is 10. The summed E-state index contributed by atoms with van der Waals surface area (Å²) >= 11 is 4.39.